The average Bonchev–Trinajstić information content (AvgIpc) is 3.17. The maximum atomic E-state index is 12.0. The molecular formula is C14H12N6O2S2. The van der Waals surface area contributed by atoms with E-state index < -0.39 is 5.91 Å². The van der Waals surface area contributed by atoms with Crippen LogP contribution in [0.15, 0.2) is 29.4 Å². The minimum atomic E-state index is -0.397. The maximum Gasteiger partial charge on any atom is 0.277 e. The van der Waals surface area contributed by atoms with Crippen molar-refractivity contribution in [2.75, 3.05) is 10.6 Å². The van der Waals surface area contributed by atoms with Gasteiger partial charge >= 0.3 is 0 Å². The van der Waals surface area contributed by atoms with Gasteiger partial charge in [-0.15, -0.1) is 22.7 Å². The lowest BCUT2D eigenvalue weighted by molar-refractivity contribution is -0.115. The summed E-state index contributed by atoms with van der Waals surface area (Å²) < 4.78 is 0. The first-order valence-electron chi connectivity index (χ1n) is 6.84. The Balaban J connectivity index is 1.57. The molecular weight excluding hydrogens is 348 g/mol. The van der Waals surface area contributed by atoms with Crippen molar-refractivity contribution in [3.8, 4) is 0 Å². The first-order valence-corrected chi connectivity index (χ1v) is 8.60. The van der Waals surface area contributed by atoms with Gasteiger partial charge < -0.3 is 5.32 Å². The Bertz CT molecular complexity index is 861. The quantitative estimate of drug-likeness (QED) is 0.721. The first-order chi connectivity index (χ1) is 11.6. The number of amides is 2. The van der Waals surface area contributed by atoms with E-state index in [9.17, 15) is 9.59 Å². The fraction of sp³-hybridized carbons (Fsp3) is 0.143. The van der Waals surface area contributed by atoms with Crippen LogP contribution in [0.3, 0.4) is 0 Å². The van der Waals surface area contributed by atoms with Crippen molar-refractivity contribution in [3.63, 3.8) is 0 Å². The molecule has 3 heterocycles. The molecule has 3 aromatic heterocycles. The number of aromatic nitrogens is 4. The Kier molecular flexibility index (Phi) is 4.87. The second-order valence-electron chi connectivity index (χ2n) is 4.71. The van der Waals surface area contributed by atoms with Gasteiger partial charge in [0.2, 0.25) is 5.91 Å². The number of rotatable bonds is 5. The summed E-state index contributed by atoms with van der Waals surface area (Å²) in [7, 11) is 0. The summed E-state index contributed by atoms with van der Waals surface area (Å²) in [6.07, 6.45) is 4.40. The number of nitrogens with zero attached hydrogens (tertiary/aromatic N) is 4. The third kappa shape index (κ3) is 4.18. The van der Waals surface area contributed by atoms with Crippen LogP contribution in [0.1, 0.15) is 21.9 Å². The molecule has 122 valence electrons. The van der Waals surface area contributed by atoms with Crippen molar-refractivity contribution in [3.05, 3.63) is 46.4 Å². The predicted octanol–water partition coefficient (Wildman–Crippen LogP) is 2.13. The van der Waals surface area contributed by atoms with E-state index in [2.05, 4.69) is 30.6 Å². The van der Waals surface area contributed by atoms with Gasteiger partial charge in [0.15, 0.2) is 10.3 Å². The average molecular weight is 360 g/mol. The second-order valence-corrected chi connectivity index (χ2v) is 6.42. The van der Waals surface area contributed by atoms with E-state index in [1.54, 1.807) is 5.38 Å². The van der Waals surface area contributed by atoms with Gasteiger partial charge in [0.25, 0.3) is 5.91 Å². The smallest absolute Gasteiger partial charge is 0.277 e. The predicted molar refractivity (Wildman–Crippen MR) is 91.3 cm³/mol. The zero-order valence-corrected chi connectivity index (χ0v) is 14.1. The fourth-order valence-electron chi connectivity index (χ4n) is 1.76. The lowest BCUT2D eigenvalue weighted by Crippen LogP contribution is -2.15. The van der Waals surface area contributed by atoms with Crippen LogP contribution < -0.4 is 10.6 Å². The molecule has 0 aliphatic carbocycles. The fourth-order valence-corrected chi connectivity index (χ4v) is 3.17. The summed E-state index contributed by atoms with van der Waals surface area (Å²) in [6.45, 7) is 1.86. The standard InChI is InChI=1S/C14H12N6O2S2/c1-8-6-23-13(17-8)19-11(21)4-9-7-24-14(18-9)20-12(22)10-5-15-2-3-16-10/h2-3,5-7H,4H2,1H3,(H,17,19,21)(H,18,20,22). The lowest BCUT2D eigenvalue weighted by Gasteiger charge is -2.00. The third-order valence-electron chi connectivity index (χ3n) is 2.78. The molecule has 0 bridgehead atoms. The number of carbonyl (C=O) groups is 2. The summed E-state index contributed by atoms with van der Waals surface area (Å²) in [4.78, 5) is 40.1. The van der Waals surface area contributed by atoms with Gasteiger partial charge in [-0.2, -0.15) is 0 Å². The highest BCUT2D eigenvalue weighted by molar-refractivity contribution is 7.14. The minimum Gasteiger partial charge on any atom is -0.302 e. The second kappa shape index (κ2) is 7.23. The van der Waals surface area contributed by atoms with E-state index >= 15 is 0 Å². The SMILES string of the molecule is Cc1csc(NC(=O)Cc2csc(NC(=O)c3cnccn3)n2)n1. The van der Waals surface area contributed by atoms with E-state index in [-0.39, 0.29) is 18.0 Å². The van der Waals surface area contributed by atoms with Gasteiger partial charge in [0, 0.05) is 23.2 Å². The summed E-state index contributed by atoms with van der Waals surface area (Å²) in [6, 6.07) is 0. The van der Waals surface area contributed by atoms with Crippen LogP contribution in [-0.4, -0.2) is 31.8 Å². The molecule has 0 saturated heterocycles. The zero-order valence-electron chi connectivity index (χ0n) is 12.5. The lowest BCUT2D eigenvalue weighted by atomic mass is 10.3. The molecule has 0 unspecified atom stereocenters. The Morgan fingerprint density at radius 1 is 1.08 bits per heavy atom. The normalized spacial score (nSPS) is 10.4. The van der Waals surface area contributed by atoms with Crippen molar-refractivity contribution in [2.24, 2.45) is 0 Å². The van der Waals surface area contributed by atoms with E-state index in [1.807, 2.05) is 12.3 Å². The summed E-state index contributed by atoms with van der Waals surface area (Å²) in [5.74, 6) is -0.604. The zero-order chi connectivity index (χ0) is 16.9. The molecule has 0 aliphatic rings. The van der Waals surface area contributed by atoms with Crippen molar-refractivity contribution >= 4 is 44.8 Å². The molecule has 3 aromatic rings. The highest BCUT2D eigenvalue weighted by Gasteiger charge is 2.13. The van der Waals surface area contributed by atoms with E-state index in [4.69, 9.17) is 0 Å². The van der Waals surface area contributed by atoms with Crippen LogP contribution in [0.4, 0.5) is 10.3 Å². The van der Waals surface area contributed by atoms with Crippen LogP contribution in [0.5, 0.6) is 0 Å². The van der Waals surface area contributed by atoms with Crippen LogP contribution in [0.25, 0.3) is 0 Å². The molecule has 0 atom stereocenters. The van der Waals surface area contributed by atoms with Crippen LogP contribution >= 0.6 is 22.7 Å². The van der Waals surface area contributed by atoms with E-state index in [1.165, 1.54) is 41.3 Å². The van der Waals surface area contributed by atoms with Crippen molar-refractivity contribution < 1.29 is 9.59 Å². The molecule has 2 N–H and O–H groups in total. The van der Waals surface area contributed by atoms with Gasteiger partial charge in [-0.3, -0.25) is 19.9 Å². The number of carbonyl (C=O) groups excluding carboxylic acids is 2. The highest BCUT2D eigenvalue weighted by Crippen LogP contribution is 2.18. The van der Waals surface area contributed by atoms with Gasteiger partial charge in [0.05, 0.1) is 24.0 Å². The molecule has 0 aliphatic heterocycles. The maximum absolute atomic E-state index is 12.0. The topological polar surface area (TPSA) is 110 Å². The van der Waals surface area contributed by atoms with Crippen LogP contribution in [0, 0.1) is 6.92 Å². The molecule has 0 aromatic carbocycles. The number of hydrogen-bond acceptors (Lipinski definition) is 8. The van der Waals surface area contributed by atoms with Gasteiger partial charge in [-0.25, -0.2) is 15.0 Å². The molecule has 0 radical (unpaired) electrons. The Labute approximate surface area is 145 Å². The summed E-state index contributed by atoms with van der Waals surface area (Å²) in [5.41, 5.74) is 1.63. The summed E-state index contributed by atoms with van der Waals surface area (Å²) in [5, 5.41) is 9.88. The van der Waals surface area contributed by atoms with Crippen molar-refractivity contribution in [2.45, 2.75) is 13.3 Å². The molecule has 0 spiro atoms. The first kappa shape index (κ1) is 16.1. The number of nitrogens with one attached hydrogen (secondary N) is 2. The van der Waals surface area contributed by atoms with Crippen molar-refractivity contribution in [1.29, 1.82) is 0 Å². The molecule has 24 heavy (non-hydrogen) atoms. The van der Waals surface area contributed by atoms with E-state index in [0.29, 0.717) is 16.0 Å². The van der Waals surface area contributed by atoms with E-state index in [0.717, 1.165) is 5.69 Å². The van der Waals surface area contributed by atoms with Crippen LogP contribution in [-0.2, 0) is 11.2 Å². The Morgan fingerprint density at radius 3 is 2.58 bits per heavy atom. The molecule has 2 amide bonds. The largest absolute Gasteiger partial charge is 0.302 e. The number of anilines is 2. The third-order valence-corrected chi connectivity index (χ3v) is 4.46. The summed E-state index contributed by atoms with van der Waals surface area (Å²) >= 11 is 2.61. The van der Waals surface area contributed by atoms with Gasteiger partial charge in [-0.1, -0.05) is 0 Å². The number of thiazole rings is 2. The molecule has 10 heteroatoms. The van der Waals surface area contributed by atoms with Gasteiger partial charge in [0.1, 0.15) is 5.69 Å². The van der Waals surface area contributed by atoms with Crippen LogP contribution in [0.2, 0.25) is 0 Å². The number of aryl methyl sites for hydroxylation is 1. The Hall–Kier alpha value is -2.72. The van der Waals surface area contributed by atoms with Gasteiger partial charge in [-0.05, 0) is 6.92 Å². The monoisotopic (exact) mass is 360 g/mol. The molecule has 0 saturated carbocycles. The molecule has 3 rings (SSSR count). The molecule has 8 nitrogen and oxygen atoms in total. The number of hydrogen-bond donors (Lipinski definition) is 2. The van der Waals surface area contributed by atoms with Crippen molar-refractivity contribution in [1.82, 2.24) is 19.9 Å². The highest BCUT2D eigenvalue weighted by atomic mass is 32.1. The Morgan fingerprint density at radius 2 is 1.88 bits per heavy atom. The minimum absolute atomic E-state index is 0.107. The molecule has 0 fully saturated rings.